The van der Waals surface area contributed by atoms with Gasteiger partial charge in [-0.1, -0.05) is 62.4 Å². The highest BCUT2D eigenvalue weighted by atomic mass is 31.2. The predicted octanol–water partition coefficient (Wildman–Crippen LogP) is 8.40. The number of aryl methyl sites for hydroxylation is 1. The summed E-state index contributed by atoms with van der Waals surface area (Å²) in [5.41, 5.74) is 6.04. The fraction of sp³-hybridized carbons (Fsp3) is 0.278. The molecule has 0 radical (unpaired) electrons. The van der Waals surface area contributed by atoms with Crippen molar-refractivity contribution in [3.05, 3.63) is 118 Å². The number of nitro benzene ring substituents is 1. The van der Waals surface area contributed by atoms with Crippen molar-refractivity contribution in [3.8, 4) is 0 Å². The van der Waals surface area contributed by atoms with Crippen LogP contribution in [0.4, 0.5) is 17.1 Å². The number of allylic oxidation sites excluding steroid dienone is 1. The third-order valence-corrected chi connectivity index (χ3v) is 12.9. The lowest BCUT2D eigenvalue weighted by Crippen LogP contribution is -2.37. The standard InChI is InChI=1S/C36H38N5O3P/c1-5-40-31-15-9-6-12-27(31)28-24-26(18-19-32(28)40)45(39-20-22-44-23-21-39,37-30-14-8-11-17-34(30)41(42)43)25-35-36(2,3)29-13-7-10-16-33(29)38(35)4/h6-19,24-25H,5,20-23H2,1-4H3/b35-25+. The van der Waals surface area contributed by atoms with Gasteiger partial charge in [-0.15, -0.1) is 0 Å². The van der Waals surface area contributed by atoms with Crippen molar-refractivity contribution in [2.45, 2.75) is 32.7 Å². The van der Waals surface area contributed by atoms with Crippen LogP contribution in [0.15, 0.2) is 107 Å². The van der Waals surface area contributed by atoms with Crippen molar-refractivity contribution in [1.29, 1.82) is 0 Å². The van der Waals surface area contributed by atoms with Gasteiger partial charge in [-0.3, -0.25) is 14.8 Å². The third kappa shape index (κ3) is 4.71. The Labute approximate surface area is 263 Å². The van der Waals surface area contributed by atoms with Gasteiger partial charge in [0.05, 0.1) is 25.3 Å². The van der Waals surface area contributed by atoms with E-state index in [1.807, 2.05) is 6.07 Å². The van der Waals surface area contributed by atoms with E-state index in [0.717, 1.165) is 17.5 Å². The normalized spacial score (nSPS) is 18.8. The fourth-order valence-electron chi connectivity index (χ4n) is 7.18. The highest BCUT2D eigenvalue weighted by Crippen LogP contribution is 2.61. The Bertz CT molecular complexity index is 2040. The quantitative estimate of drug-likeness (QED) is 0.108. The molecule has 0 amide bonds. The van der Waals surface area contributed by atoms with Gasteiger partial charge in [-0.2, -0.15) is 0 Å². The lowest BCUT2D eigenvalue weighted by molar-refractivity contribution is -0.384. The minimum atomic E-state index is -2.83. The van der Waals surface area contributed by atoms with Gasteiger partial charge in [0.1, 0.15) is 5.69 Å². The molecule has 0 saturated carbocycles. The van der Waals surface area contributed by atoms with Crippen LogP contribution < -0.4 is 10.2 Å². The molecule has 0 aliphatic carbocycles. The van der Waals surface area contributed by atoms with Crippen LogP contribution in [0.3, 0.4) is 0 Å². The minimum absolute atomic E-state index is 0.0134. The topological polar surface area (TPSA) is 76.1 Å². The molecule has 45 heavy (non-hydrogen) atoms. The van der Waals surface area contributed by atoms with E-state index in [-0.39, 0.29) is 16.0 Å². The second kappa shape index (κ2) is 11.3. The summed E-state index contributed by atoms with van der Waals surface area (Å²) in [4.78, 5) is 14.3. The Morgan fingerprint density at radius 2 is 1.62 bits per heavy atom. The van der Waals surface area contributed by atoms with Gasteiger partial charge < -0.3 is 14.2 Å². The Balaban J connectivity index is 1.60. The van der Waals surface area contributed by atoms with Gasteiger partial charge in [0, 0.05) is 76.7 Å². The van der Waals surface area contributed by atoms with E-state index >= 15 is 0 Å². The molecular formula is C36H38N5O3P. The number of para-hydroxylation sites is 3. The van der Waals surface area contributed by atoms with E-state index in [9.17, 15) is 10.1 Å². The first-order valence-corrected chi connectivity index (χ1v) is 17.3. The number of morpholine rings is 1. The van der Waals surface area contributed by atoms with Gasteiger partial charge in [0.25, 0.3) is 5.69 Å². The molecule has 1 unspecified atom stereocenters. The molecule has 1 aromatic heterocycles. The van der Waals surface area contributed by atoms with Crippen LogP contribution in [-0.4, -0.2) is 47.5 Å². The van der Waals surface area contributed by atoms with Crippen LogP contribution in [0.5, 0.6) is 0 Å². The molecule has 8 nitrogen and oxygen atoms in total. The van der Waals surface area contributed by atoms with E-state index in [1.54, 1.807) is 18.2 Å². The van der Waals surface area contributed by atoms with Crippen LogP contribution in [-0.2, 0) is 16.7 Å². The molecule has 3 heterocycles. The Morgan fingerprint density at radius 3 is 2.38 bits per heavy atom. The number of anilines is 1. The largest absolute Gasteiger partial charge is 0.379 e. The highest BCUT2D eigenvalue weighted by molar-refractivity contribution is 7.74. The summed E-state index contributed by atoms with van der Waals surface area (Å²) in [5, 5.41) is 15.8. The molecule has 2 aliphatic heterocycles. The summed E-state index contributed by atoms with van der Waals surface area (Å²) in [5.74, 6) is 2.37. The van der Waals surface area contributed by atoms with Gasteiger partial charge in [0.2, 0.25) is 0 Å². The highest BCUT2D eigenvalue weighted by Gasteiger charge is 2.42. The zero-order valence-corrected chi connectivity index (χ0v) is 27.1. The number of likely N-dealkylation sites (N-methyl/N-ethyl adjacent to an activating group) is 1. The molecule has 230 valence electrons. The van der Waals surface area contributed by atoms with Crippen LogP contribution in [0.25, 0.3) is 21.8 Å². The smallest absolute Gasteiger partial charge is 0.294 e. The molecule has 9 heteroatoms. The number of nitro groups is 1. The number of benzene rings is 4. The summed E-state index contributed by atoms with van der Waals surface area (Å²) in [6, 6.07) is 30.7. The summed E-state index contributed by atoms with van der Waals surface area (Å²) in [6.45, 7) is 10.1. The Kier molecular flexibility index (Phi) is 7.40. The van der Waals surface area contributed by atoms with Gasteiger partial charge in [-0.25, -0.2) is 4.74 Å². The third-order valence-electron chi connectivity index (χ3n) is 9.45. The van der Waals surface area contributed by atoms with Gasteiger partial charge in [-0.05, 0) is 54.7 Å². The van der Waals surface area contributed by atoms with Crippen molar-refractivity contribution in [2.24, 2.45) is 4.74 Å². The fourth-order valence-corrected chi connectivity index (χ4v) is 10.8. The molecule has 1 fully saturated rings. The maximum Gasteiger partial charge on any atom is 0.294 e. The monoisotopic (exact) mass is 619 g/mol. The molecular weight excluding hydrogens is 581 g/mol. The molecule has 2 aliphatic rings. The number of aromatic nitrogens is 1. The molecule has 0 N–H and O–H groups in total. The van der Waals surface area contributed by atoms with Crippen LogP contribution >= 0.6 is 7.21 Å². The Hall–Kier alpha value is -4.23. The molecule has 7 rings (SSSR count). The SMILES string of the molecule is CCn1c2ccccc2c2cc(P(/C=C3/N(C)c4ccccc4C3(C)C)(=Nc3ccccc3[N+](=O)[O-])N3CCOCC3)ccc21. The number of nitrogens with zero attached hydrogens (tertiary/aromatic N) is 5. The molecule has 0 spiro atoms. The Morgan fingerprint density at radius 1 is 0.933 bits per heavy atom. The number of rotatable bonds is 6. The zero-order valence-electron chi connectivity index (χ0n) is 26.2. The lowest BCUT2D eigenvalue weighted by Gasteiger charge is -2.39. The first kappa shape index (κ1) is 29.5. The second-order valence-electron chi connectivity index (χ2n) is 12.2. The van der Waals surface area contributed by atoms with E-state index in [4.69, 9.17) is 9.48 Å². The van der Waals surface area contributed by atoms with Crippen molar-refractivity contribution < 1.29 is 9.66 Å². The predicted molar refractivity (Wildman–Crippen MR) is 185 cm³/mol. The first-order chi connectivity index (χ1) is 21.8. The number of hydrogen-bond acceptors (Lipinski definition) is 5. The second-order valence-corrected chi connectivity index (χ2v) is 15.1. The van der Waals surface area contributed by atoms with Crippen molar-refractivity contribution in [3.63, 3.8) is 0 Å². The van der Waals surface area contributed by atoms with E-state index in [0.29, 0.717) is 32.0 Å². The average molecular weight is 620 g/mol. The molecule has 4 aromatic carbocycles. The van der Waals surface area contributed by atoms with Gasteiger partial charge in [0.15, 0.2) is 0 Å². The van der Waals surface area contributed by atoms with Crippen molar-refractivity contribution >= 4 is 51.4 Å². The van der Waals surface area contributed by atoms with E-state index in [1.165, 1.54) is 33.1 Å². The van der Waals surface area contributed by atoms with Gasteiger partial charge >= 0.3 is 0 Å². The maximum absolute atomic E-state index is 12.3. The number of fused-ring (bicyclic) bond motifs is 4. The molecule has 1 atom stereocenters. The average Bonchev–Trinajstić information content (AvgIpc) is 3.48. The lowest BCUT2D eigenvalue weighted by atomic mass is 9.84. The molecule has 0 bridgehead atoms. The number of hydrogen-bond donors (Lipinski definition) is 0. The minimum Gasteiger partial charge on any atom is -0.379 e. The van der Waals surface area contributed by atoms with Crippen LogP contribution in [0.1, 0.15) is 26.3 Å². The summed E-state index contributed by atoms with van der Waals surface area (Å²) in [6.07, 6.45) is 0. The van der Waals surface area contributed by atoms with E-state index in [2.05, 4.69) is 115 Å². The molecule has 1 saturated heterocycles. The van der Waals surface area contributed by atoms with Crippen LogP contribution in [0, 0.1) is 10.1 Å². The van der Waals surface area contributed by atoms with E-state index < -0.39 is 7.21 Å². The summed E-state index contributed by atoms with van der Waals surface area (Å²) >= 11 is 0. The zero-order chi connectivity index (χ0) is 31.3. The first-order valence-electron chi connectivity index (χ1n) is 15.5. The van der Waals surface area contributed by atoms with Crippen LogP contribution in [0.2, 0.25) is 0 Å². The van der Waals surface area contributed by atoms with Crippen molar-refractivity contribution in [2.75, 3.05) is 38.3 Å². The van der Waals surface area contributed by atoms with Crippen molar-refractivity contribution in [1.82, 2.24) is 9.24 Å². The summed E-state index contributed by atoms with van der Waals surface area (Å²) < 4.78 is 16.2. The summed E-state index contributed by atoms with van der Waals surface area (Å²) in [7, 11) is -0.707. The number of ether oxygens (including phenoxy) is 1. The molecule has 5 aromatic rings. The maximum atomic E-state index is 12.3.